The van der Waals surface area contributed by atoms with E-state index >= 15 is 0 Å². The Kier molecular flexibility index (Phi) is 5.77. The van der Waals surface area contributed by atoms with E-state index in [0.717, 1.165) is 18.0 Å². The van der Waals surface area contributed by atoms with Gasteiger partial charge in [0.2, 0.25) is 0 Å². The number of alkyl halides is 2. The molecule has 0 spiro atoms. The van der Waals surface area contributed by atoms with Gasteiger partial charge in [0.05, 0.1) is 0 Å². The molecule has 2 atom stereocenters. The minimum atomic E-state index is -2.76. The third-order valence-electron chi connectivity index (χ3n) is 4.10. The van der Waals surface area contributed by atoms with Crippen molar-refractivity contribution in [1.82, 2.24) is 5.32 Å². The second-order valence-corrected chi connectivity index (χ2v) is 5.54. The summed E-state index contributed by atoms with van der Waals surface area (Å²) in [6.07, 6.45) is 6.41. The first-order valence-electron chi connectivity index (χ1n) is 7.44. The van der Waals surface area contributed by atoms with Crippen LogP contribution in [0.5, 0.6) is 5.75 Å². The van der Waals surface area contributed by atoms with Gasteiger partial charge in [-0.2, -0.15) is 8.78 Å². The van der Waals surface area contributed by atoms with Crippen molar-refractivity contribution in [2.45, 2.75) is 58.2 Å². The molecule has 1 saturated carbocycles. The van der Waals surface area contributed by atoms with Crippen molar-refractivity contribution in [1.29, 1.82) is 0 Å². The van der Waals surface area contributed by atoms with Gasteiger partial charge in [0.15, 0.2) is 0 Å². The SMILES string of the molecule is CCC1CCCC(NCc2ccc(OC(F)F)cc2)C1. The van der Waals surface area contributed by atoms with Crippen LogP contribution in [0.15, 0.2) is 24.3 Å². The maximum absolute atomic E-state index is 12.0. The normalized spacial score (nSPS) is 23.0. The summed E-state index contributed by atoms with van der Waals surface area (Å²) >= 11 is 0. The Morgan fingerprint density at radius 2 is 2.00 bits per heavy atom. The molecule has 1 aromatic carbocycles. The summed E-state index contributed by atoms with van der Waals surface area (Å²) in [5, 5.41) is 3.57. The zero-order chi connectivity index (χ0) is 14.4. The van der Waals surface area contributed by atoms with Gasteiger partial charge in [0.1, 0.15) is 5.75 Å². The predicted octanol–water partition coefficient (Wildman–Crippen LogP) is 4.35. The second-order valence-electron chi connectivity index (χ2n) is 5.54. The van der Waals surface area contributed by atoms with Crippen molar-refractivity contribution in [3.05, 3.63) is 29.8 Å². The summed E-state index contributed by atoms with van der Waals surface area (Å²) in [7, 11) is 0. The smallest absolute Gasteiger partial charge is 0.387 e. The van der Waals surface area contributed by atoms with Crippen molar-refractivity contribution in [3.63, 3.8) is 0 Å². The summed E-state index contributed by atoms with van der Waals surface area (Å²) < 4.78 is 28.4. The third kappa shape index (κ3) is 4.75. The average molecular weight is 283 g/mol. The van der Waals surface area contributed by atoms with E-state index in [9.17, 15) is 8.78 Å². The molecule has 1 N–H and O–H groups in total. The van der Waals surface area contributed by atoms with Crippen LogP contribution in [-0.4, -0.2) is 12.7 Å². The van der Waals surface area contributed by atoms with Gasteiger partial charge < -0.3 is 10.1 Å². The monoisotopic (exact) mass is 283 g/mol. The number of hydrogen-bond acceptors (Lipinski definition) is 2. The van der Waals surface area contributed by atoms with Crippen LogP contribution < -0.4 is 10.1 Å². The number of hydrogen-bond donors (Lipinski definition) is 1. The molecule has 2 unspecified atom stereocenters. The van der Waals surface area contributed by atoms with Crippen LogP contribution in [0.1, 0.15) is 44.6 Å². The van der Waals surface area contributed by atoms with Crippen LogP contribution in [0, 0.1) is 5.92 Å². The van der Waals surface area contributed by atoms with E-state index in [2.05, 4.69) is 17.0 Å². The maximum Gasteiger partial charge on any atom is 0.387 e. The molecule has 0 saturated heterocycles. The second kappa shape index (κ2) is 7.58. The predicted molar refractivity (Wildman–Crippen MR) is 76.0 cm³/mol. The van der Waals surface area contributed by atoms with Crippen LogP contribution in [0.25, 0.3) is 0 Å². The molecule has 20 heavy (non-hydrogen) atoms. The molecule has 1 aliphatic rings. The van der Waals surface area contributed by atoms with Crippen molar-refractivity contribution >= 4 is 0 Å². The minimum Gasteiger partial charge on any atom is -0.435 e. The fraction of sp³-hybridized carbons (Fsp3) is 0.625. The Morgan fingerprint density at radius 3 is 2.65 bits per heavy atom. The van der Waals surface area contributed by atoms with E-state index in [1.807, 2.05) is 12.1 Å². The van der Waals surface area contributed by atoms with E-state index in [1.54, 1.807) is 12.1 Å². The molecule has 1 fully saturated rings. The lowest BCUT2D eigenvalue weighted by molar-refractivity contribution is -0.0498. The Morgan fingerprint density at radius 1 is 1.25 bits per heavy atom. The molecule has 0 aliphatic heterocycles. The molecule has 0 heterocycles. The van der Waals surface area contributed by atoms with Gasteiger partial charge >= 0.3 is 6.61 Å². The molecule has 0 aromatic heterocycles. The maximum atomic E-state index is 12.0. The Bertz CT molecular complexity index is 394. The van der Waals surface area contributed by atoms with E-state index < -0.39 is 6.61 Å². The zero-order valence-corrected chi connectivity index (χ0v) is 11.9. The molecule has 0 bridgehead atoms. The summed E-state index contributed by atoms with van der Waals surface area (Å²) in [5.41, 5.74) is 1.10. The Balaban J connectivity index is 1.78. The topological polar surface area (TPSA) is 21.3 Å². The summed E-state index contributed by atoms with van der Waals surface area (Å²) in [5.74, 6) is 1.07. The Labute approximate surface area is 119 Å². The highest BCUT2D eigenvalue weighted by Crippen LogP contribution is 2.26. The minimum absolute atomic E-state index is 0.215. The highest BCUT2D eigenvalue weighted by Gasteiger charge is 2.19. The van der Waals surface area contributed by atoms with Crippen LogP contribution in [0.3, 0.4) is 0 Å². The van der Waals surface area contributed by atoms with Crippen molar-refractivity contribution in [2.24, 2.45) is 5.92 Å². The van der Waals surface area contributed by atoms with Crippen LogP contribution in [0.4, 0.5) is 8.78 Å². The molecule has 0 amide bonds. The number of halogens is 2. The lowest BCUT2D eigenvalue weighted by Crippen LogP contribution is -2.33. The van der Waals surface area contributed by atoms with Crippen molar-refractivity contribution in [2.75, 3.05) is 0 Å². The molecular formula is C16H23F2NO. The third-order valence-corrected chi connectivity index (χ3v) is 4.10. The van der Waals surface area contributed by atoms with Gasteiger partial charge in [-0.3, -0.25) is 0 Å². The molecule has 4 heteroatoms. The molecule has 112 valence electrons. The lowest BCUT2D eigenvalue weighted by atomic mass is 9.84. The fourth-order valence-corrected chi connectivity index (χ4v) is 2.90. The number of benzene rings is 1. The highest BCUT2D eigenvalue weighted by molar-refractivity contribution is 5.27. The van der Waals surface area contributed by atoms with Gasteiger partial charge in [0.25, 0.3) is 0 Å². The van der Waals surface area contributed by atoms with Gasteiger partial charge in [0, 0.05) is 12.6 Å². The average Bonchev–Trinajstić information content (AvgIpc) is 2.46. The number of nitrogens with one attached hydrogen (secondary N) is 1. The largest absolute Gasteiger partial charge is 0.435 e. The first kappa shape index (κ1) is 15.2. The first-order chi connectivity index (χ1) is 9.67. The molecule has 1 aliphatic carbocycles. The highest BCUT2D eigenvalue weighted by atomic mass is 19.3. The van der Waals surface area contributed by atoms with Gasteiger partial charge in [-0.15, -0.1) is 0 Å². The quantitative estimate of drug-likeness (QED) is 0.838. The van der Waals surface area contributed by atoms with E-state index in [1.165, 1.54) is 32.1 Å². The van der Waals surface area contributed by atoms with Crippen molar-refractivity contribution in [3.8, 4) is 5.75 Å². The molecule has 2 nitrogen and oxygen atoms in total. The zero-order valence-electron chi connectivity index (χ0n) is 11.9. The molecule has 2 rings (SSSR count). The first-order valence-corrected chi connectivity index (χ1v) is 7.44. The molecular weight excluding hydrogens is 260 g/mol. The van der Waals surface area contributed by atoms with Crippen LogP contribution >= 0.6 is 0 Å². The number of rotatable bonds is 6. The standard InChI is InChI=1S/C16H23F2NO/c1-2-12-4-3-5-14(10-12)19-11-13-6-8-15(9-7-13)20-16(17)18/h6-9,12,14,16,19H,2-5,10-11H2,1H3. The van der Waals surface area contributed by atoms with Crippen LogP contribution in [0.2, 0.25) is 0 Å². The van der Waals surface area contributed by atoms with E-state index in [0.29, 0.717) is 6.04 Å². The van der Waals surface area contributed by atoms with E-state index in [4.69, 9.17) is 0 Å². The van der Waals surface area contributed by atoms with Crippen LogP contribution in [-0.2, 0) is 6.54 Å². The molecule has 1 aromatic rings. The molecule has 0 radical (unpaired) electrons. The summed E-state index contributed by atoms with van der Waals surface area (Å²) in [6, 6.07) is 7.46. The van der Waals surface area contributed by atoms with Gasteiger partial charge in [-0.1, -0.05) is 38.3 Å². The fourth-order valence-electron chi connectivity index (χ4n) is 2.90. The number of ether oxygens (including phenoxy) is 1. The summed E-state index contributed by atoms with van der Waals surface area (Å²) in [6.45, 7) is 0.289. The van der Waals surface area contributed by atoms with Crippen molar-refractivity contribution < 1.29 is 13.5 Å². The lowest BCUT2D eigenvalue weighted by Gasteiger charge is -2.29. The Hall–Kier alpha value is -1.16. The summed E-state index contributed by atoms with van der Waals surface area (Å²) in [4.78, 5) is 0. The van der Waals surface area contributed by atoms with E-state index in [-0.39, 0.29) is 5.75 Å². The van der Waals surface area contributed by atoms with Gasteiger partial charge in [-0.05, 0) is 36.5 Å². The van der Waals surface area contributed by atoms with Gasteiger partial charge in [-0.25, -0.2) is 0 Å².